The van der Waals surface area contributed by atoms with Gasteiger partial charge in [-0.2, -0.15) is 10.5 Å². The van der Waals surface area contributed by atoms with Crippen molar-refractivity contribution in [2.24, 2.45) is 11.8 Å². The van der Waals surface area contributed by atoms with Gasteiger partial charge in [-0.1, -0.05) is 39.8 Å². The molecule has 58 heavy (non-hydrogen) atoms. The van der Waals surface area contributed by atoms with E-state index in [0.717, 1.165) is 17.4 Å². The molecule has 0 saturated heterocycles. The number of aliphatic hydroxyl groups excluding tert-OH is 3. The summed E-state index contributed by atoms with van der Waals surface area (Å²) >= 11 is 0. The molecular weight excluding hydrogens is 748 g/mol. The third kappa shape index (κ3) is 17.7. The van der Waals surface area contributed by atoms with Crippen LogP contribution in [0.4, 0.5) is 0 Å². The van der Waals surface area contributed by atoms with Gasteiger partial charge < -0.3 is 58.0 Å². The zero-order chi connectivity index (χ0) is 43.1. The van der Waals surface area contributed by atoms with Crippen molar-refractivity contribution in [1.82, 2.24) is 0 Å². The molecule has 0 fully saturated rings. The van der Waals surface area contributed by atoms with Crippen LogP contribution in [0.15, 0.2) is 36.4 Å². The van der Waals surface area contributed by atoms with Crippen molar-refractivity contribution in [3.63, 3.8) is 0 Å². The van der Waals surface area contributed by atoms with Crippen molar-refractivity contribution in [2.45, 2.75) is 77.4 Å². The number of aldehydes is 1. The van der Waals surface area contributed by atoms with Gasteiger partial charge in [-0.15, -0.1) is 0 Å². The second kappa shape index (κ2) is 31.3. The molecule has 2 rings (SSSR count). The molecule has 0 aliphatic rings. The quantitative estimate of drug-likeness (QED) is 0.0654. The van der Waals surface area contributed by atoms with Crippen LogP contribution in [0.1, 0.15) is 75.6 Å². The van der Waals surface area contributed by atoms with Gasteiger partial charge in [-0.05, 0) is 66.5 Å². The number of methoxy groups -OCH3 is 2. The van der Waals surface area contributed by atoms with Crippen LogP contribution < -0.4 is 9.47 Å². The first-order chi connectivity index (χ1) is 28.1. The van der Waals surface area contributed by atoms with Gasteiger partial charge in [-0.3, -0.25) is 0 Å². The van der Waals surface area contributed by atoms with Gasteiger partial charge in [0.15, 0.2) is 0 Å². The van der Waals surface area contributed by atoms with E-state index in [0.29, 0.717) is 128 Å². The molecule has 2 aromatic carbocycles. The fraction of sp³-hybridized carbons (Fsp3) is 0.659. The molecular formula is C44H68N2O12. The van der Waals surface area contributed by atoms with Crippen molar-refractivity contribution in [3.8, 4) is 23.6 Å². The van der Waals surface area contributed by atoms with E-state index in [4.69, 9.17) is 37.9 Å². The van der Waals surface area contributed by atoms with Crippen molar-refractivity contribution < 1.29 is 58.0 Å². The number of nitrogens with zero attached hydrogens (tertiary/aromatic N) is 2. The Morgan fingerprint density at radius 3 is 1.31 bits per heavy atom. The Kier molecular flexibility index (Phi) is 28.2. The molecule has 2 aromatic rings. The van der Waals surface area contributed by atoms with Crippen molar-refractivity contribution >= 4 is 6.29 Å². The van der Waals surface area contributed by atoms with Crippen LogP contribution in [0.3, 0.4) is 0 Å². The first kappa shape index (κ1) is 52.3. The Morgan fingerprint density at radius 2 is 0.983 bits per heavy atom. The predicted molar refractivity (Wildman–Crippen MR) is 219 cm³/mol. The highest BCUT2D eigenvalue weighted by Gasteiger charge is 2.37. The van der Waals surface area contributed by atoms with Crippen LogP contribution in [0.25, 0.3) is 0 Å². The summed E-state index contributed by atoms with van der Waals surface area (Å²) in [6.07, 6.45) is 2.69. The standard InChI is InChI=1S/C22H35NO6.C22H33NO6/c2*1-18(2)22(17-23,7-4-8-24)20-5-6-21(19(15-20)16-25)29-14-13-28-12-11-27-10-9-26-3/h5-6,15,18,24-25H,4,7-14,16H2,1-3H3;5-6,8,15,18,25H,4,7,9-14,16H2,1-3H3. The molecule has 3 N–H and O–H groups in total. The molecule has 0 heterocycles. The summed E-state index contributed by atoms with van der Waals surface area (Å²) in [5.74, 6) is 1.22. The molecule has 2 unspecified atom stereocenters. The van der Waals surface area contributed by atoms with Gasteiger partial charge in [-0.25, -0.2) is 0 Å². The van der Waals surface area contributed by atoms with E-state index in [2.05, 4.69) is 12.1 Å². The maximum atomic E-state index is 10.9. The zero-order valence-electron chi connectivity index (χ0n) is 35.5. The molecule has 0 aromatic heterocycles. The molecule has 14 heteroatoms. The van der Waals surface area contributed by atoms with Gasteiger partial charge in [0.25, 0.3) is 0 Å². The lowest BCUT2D eigenvalue weighted by atomic mass is 9.69. The smallest absolute Gasteiger partial charge is 0.124 e. The van der Waals surface area contributed by atoms with E-state index in [9.17, 15) is 30.6 Å². The highest BCUT2D eigenvalue weighted by Crippen LogP contribution is 2.39. The van der Waals surface area contributed by atoms with E-state index in [-0.39, 0.29) is 31.7 Å². The lowest BCUT2D eigenvalue weighted by Gasteiger charge is -2.32. The molecule has 0 spiro atoms. The fourth-order valence-electron chi connectivity index (χ4n) is 6.27. The average molecular weight is 817 g/mol. The average Bonchev–Trinajstić information content (AvgIpc) is 3.23. The van der Waals surface area contributed by atoms with Gasteiger partial charge >= 0.3 is 0 Å². The number of rotatable bonds is 32. The first-order valence-electron chi connectivity index (χ1n) is 20.0. The number of carbonyl (C=O) groups is 1. The normalized spacial score (nSPS) is 13.2. The minimum Gasteiger partial charge on any atom is -0.491 e. The fourth-order valence-corrected chi connectivity index (χ4v) is 6.27. The van der Waals surface area contributed by atoms with E-state index in [1.165, 1.54) is 0 Å². The van der Waals surface area contributed by atoms with E-state index in [1.807, 2.05) is 45.9 Å². The van der Waals surface area contributed by atoms with Crippen LogP contribution in [-0.4, -0.2) is 122 Å². The van der Waals surface area contributed by atoms with E-state index in [1.54, 1.807) is 32.4 Å². The Bertz CT molecular complexity index is 1480. The number of hydrogen-bond donors (Lipinski definition) is 3. The van der Waals surface area contributed by atoms with Gasteiger partial charge in [0, 0.05) is 38.4 Å². The highest BCUT2D eigenvalue weighted by molar-refractivity contribution is 5.51. The molecule has 0 aliphatic heterocycles. The van der Waals surface area contributed by atoms with Crippen molar-refractivity contribution in [2.75, 3.05) is 100 Å². The monoisotopic (exact) mass is 816 g/mol. The lowest BCUT2D eigenvalue weighted by Crippen LogP contribution is -2.31. The van der Waals surface area contributed by atoms with Gasteiger partial charge in [0.05, 0.1) is 102 Å². The number of nitriles is 2. The largest absolute Gasteiger partial charge is 0.491 e. The third-order valence-electron chi connectivity index (χ3n) is 9.83. The first-order valence-corrected chi connectivity index (χ1v) is 20.0. The summed E-state index contributed by atoms with van der Waals surface area (Å²) in [6.45, 7) is 13.2. The summed E-state index contributed by atoms with van der Waals surface area (Å²) in [7, 11) is 3.25. The number of aliphatic hydroxyl groups is 3. The maximum Gasteiger partial charge on any atom is 0.124 e. The second-order valence-corrected chi connectivity index (χ2v) is 14.1. The molecule has 2 atom stereocenters. The minimum absolute atomic E-state index is 0.0188. The Balaban J connectivity index is 0.000000580. The lowest BCUT2D eigenvalue weighted by molar-refractivity contribution is -0.108. The minimum atomic E-state index is -0.782. The topological polar surface area (TPSA) is 199 Å². The predicted octanol–water partition coefficient (Wildman–Crippen LogP) is 5.06. The highest BCUT2D eigenvalue weighted by atomic mass is 16.6. The summed E-state index contributed by atoms with van der Waals surface area (Å²) in [5, 5.41) is 48.5. The number of ether oxygens (including phenoxy) is 8. The molecule has 14 nitrogen and oxygen atoms in total. The molecule has 0 bridgehead atoms. The molecule has 0 amide bonds. The van der Waals surface area contributed by atoms with Crippen molar-refractivity contribution in [3.05, 3.63) is 58.7 Å². The zero-order valence-corrected chi connectivity index (χ0v) is 35.5. The summed E-state index contributed by atoms with van der Waals surface area (Å²) in [6, 6.07) is 15.8. The van der Waals surface area contributed by atoms with Gasteiger partial charge in [0.2, 0.25) is 0 Å². The SMILES string of the molecule is COCCOCCOCCOc1ccc(C(C#N)(CCC=O)C(C)C)cc1CO.COCCOCCOCCOc1ccc(C(C#N)(CCCO)C(C)C)cc1CO. The Labute approximate surface area is 345 Å². The Morgan fingerprint density at radius 1 is 0.603 bits per heavy atom. The summed E-state index contributed by atoms with van der Waals surface area (Å²) in [4.78, 5) is 10.9. The third-order valence-corrected chi connectivity index (χ3v) is 9.83. The van der Waals surface area contributed by atoms with Crippen LogP contribution in [-0.2, 0) is 57.3 Å². The van der Waals surface area contributed by atoms with Crippen molar-refractivity contribution in [1.29, 1.82) is 10.5 Å². The molecule has 326 valence electrons. The molecule has 0 aliphatic carbocycles. The Hall–Kier alpha value is -3.67. The maximum absolute atomic E-state index is 10.9. The molecule has 0 radical (unpaired) electrons. The van der Waals surface area contributed by atoms with Crippen LogP contribution in [0.2, 0.25) is 0 Å². The van der Waals surface area contributed by atoms with Crippen LogP contribution in [0, 0.1) is 34.5 Å². The summed E-state index contributed by atoms with van der Waals surface area (Å²) < 4.78 is 42.8. The van der Waals surface area contributed by atoms with E-state index < -0.39 is 10.8 Å². The van der Waals surface area contributed by atoms with Crippen LogP contribution in [0.5, 0.6) is 11.5 Å². The molecule has 0 saturated carbocycles. The van der Waals surface area contributed by atoms with Crippen LogP contribution >= 0.6 is 0 Å². The second-order valence-electron chi connectivity index (χ2n) is 14.1. The van der Waals surface area contributed by atoms with Gasteiger partial charge in [0.1, 0.15) is 31.0 Å². The number of hydrogen-bond acceptors (Lipinski definition) is 14. The summed E-state index contributed by atoms with van der Waals surface area (Å²) in [5.41, 5.74) is 1.38. The van der Waals surface area contributed by atoms with E-state index >= 15 is 0 Å². The number of carbonyl (C=O) groups excluding carboxylic acids is 1. The number of benzene rings is 2.